The van der Waals surface area contributed by atoms with E-state index in [1.165, 1.54) is 24.3 Å². The SMILES string of the molecule is O=Cc1ccc(/C=C2\SC(=S)N(NC(=O)c3ccccc3[N+](=O)[O-])C2=O)cc1. The summed E-state index contributed by atoms with van der Waals surface area (Å²) >= 11 is 6.12. The number of hydrazine groups is 1. The average Bonchev–Trinajstić information content (AvgIpc) is 2.95. The number of para-hydroxylation sites is 1. The van der Waals surface area contributed by atoms with Crippen LogP contribution in [0.3, 0.4) is 0 Å². The zero-order valence-corrected chi connectivity index (χ0v) is 15.7. The van der Waals surface area contributed by atoms with Crippen LogP contribution in [0.1, 0.15) is 26.3 Å². The lowest BCUT2D eigenvalue weighted by Crippen LogP contribution is -2.45. The van der Waals surface area contributed by atoms with Crippen molar-refractivity contribution in [1.82, 2.24) is 10.4 Å². The summed E-state index contributed by atoms with van der Waals surface area (Å²) in [7, 11) is 0. The highest BCUT2D eigenvalue weighted by Gasteiger charge is 2.34. The number of nitrogens with zero attached hydrogens (tertiary/aromatic N) is 2. The first kappa shape index (κ1) is 19.4. The van der Waals surface area contributed by atoms with E-state index in [0.29, 0.717) is 17.4 Å². The smallest absolute Gasteiger partial charge is 0.285 e. The Hall–Kier alpha value is -3.37. The van der Waals surface area contributed by atoms with E-state index in [9.17, 15) is 24.5 Å². The number of nitrogens with one attached hydrogen (secondary N) is 1. The highest BCUT2D eigenvalue weighted by Crippen LogP contribution is 2.31. The maximum Gasteiger partial charge on any atom is 0.285 e. The first-order valence-electron chi connectivity index (χ1n) is 7.78. The number of rotatable bonds is 5. The summed E-state index contributed by atoms with van der Waals surface area (Å²) in [4.78, 5) is 46.4. The van der Waals surface area contributed by atoms with Crippen LogP contribution < -0.4 is 5.43 Å². The van der Waals surface area contributed by atoms with Crippen LogP contribution in [0.2, 0.25) is 0 Å². The van der Waals surface area contributed by atoms with Gasteiger partial charge in [0.2, 0.25) is 0 Å². The summed E-state index contributed by atoms with van der Waals surface area (Å²) < 4.78 is 0.0905. The molecule has 0 radical (unpaired) electrons. The van der Waals surface area contributed by atoms with Gasteiger partial charge >= 0.3 is 0 Å². The molecular formula is C18H11N3O5S2. The van der Waals surface area contributed by atoms with Gasteiger partial charge in [-0.05, 0) is 29.9 Å². The third-order valence-electron chi connectivity index (χ3n) is 3.72. The van der Waals surface area contributed by atoms with Crippen LogP contribution in [0.25, 0.3) is 6.08 Å². The zero-order chi connectivity index (χ0) is 20.3. The van der Waals surface area contributed by atoms with E-state index >= 15 is 0 Å². The maximum absolute atomic E-state index is 12.6. The van der Waals surface area contributed by atoms with Gasteiger partial charge in [-0.25, -0.2) is 0 Å². The van der Waals surface area contributed by atoms with Crippen LogP contribution >= 0.6 is 24.0 Å². The van der Waals surface area contributed by atoms with Crippen molar-refractivity contribution in [3.63, 3.8) is 0 Å². The molecule has 2 aromatic carbocycles. The van der Waals surface area contributed by atoms with E-state index in [1.54, 1.807) is 30.3 Å². The van der Waals surface area contributed by atoms with Crippen molar-refractivity contribution in [1.29, 1.82) is 0 Å². The number of hydrogen-bond acceptors (Lipinski definition) is 7. The third kappa shape index (κ3) is 3.97. The minimum absolute atomic E-state index is 0.0905. The van der Waals surface area contributed by atoms with Crippen LogP contribution in [0, 0.1) is 10.1 Å². The molecule has 2 amide bonds. The zero-order valence-electron chi connectivity index (χ0n) is 14.0. The minimum Gasteiger partial charge on any atom is -0.298 e. The molecule has 1 fully saturated rings. The van der Waals surface area contributed by atoms with Gasteiger partial charge < -0.3 is 0 Å². The lowest BCUT2D eigenvalue weighted by Gasteiger charge is -2.15. The number of amides is 2. The first-order chi connectivity index (χ1) is 13.4. The molecule has 0 bridgehead atoms. The highest BCUT2D eigenvalue weighted by atomic mass is 32.2. The van der Waals surface area contributed by atoms with E-state index in [4.69, 9.17) is 12.2 Å². The van der Waals surface area contributed by atoms with Crippen LogP contribution in [0.15, 0.2) is 53.4 Å². The Morgan fingerprint density at radius 1 is 1.14 bits per heavy atom. The van der Waals surface area contributed by atoms with Crippen LogP contribution in [-0.2, 0) is 4.79 Å². The molecule has 0 unspecified atom stereocenters. The number of nitro groups is 1. The third-order valence-corrected chi connectivity index (χ3v) is 5.02. The Balaban J connectivity index is 1.80. The number of aldehydes is 1. The van der Waals surface area contributed by atoms with Crippen molar-refractivity contribution in [2.75, 3.05) is 0 Å². The molecule has 3 rings (SSSR count). The summed E-state index contributed by atoms with van der Waals surface area (Å²) in [5.41, 5.74) is 2.93. The molecule has 0 saturated carbocycles. The molecule has 1 aliphatic rings. The molecule has 0 aliphatic carbocycles. The fourth-order valence-electron chi connectivity index (χ4n) is 2.37. The van der Waals surface area contributed by atoms with E-state index in [1.807, 2.05) is 0 Å². The normalized spacial score (nSPS) is 15.0. The molecule has 1 heterocycles. The number of carbonyl (C=O) groups excluding carboxylic acids is 3. The monoisotopic (exact) mass is 413 g/mol. The van der Waals surface area contributed by atoms with Gasteiger partial charge in [-0.3, -0.25) is 29.9 Å². The van der Waals surface area contributed by atoms with Gasteiger partial charge in [-0.15, -0.1) is 0 Å². The predicted molar refractivity (Wildman–Crippen MR) is 107 cm³/mol. The van der Waals surface area contributed by atoms with E-state index in [-0.39, 0.29) is 20.5 Å². The van der Waals surface area contributed by atoms with Gasteiger partial charge in [0.1, 0.15) is 11.8 Å². The number of hydrogen-bond donors (Lipinski definition) is 1. The first-order valence-corrected chi connectivity index (χ1v) is 9.01. The lowest BCUT2D eigenvalue weighted by atomic mass is 10.1. The largest absolute Gasteiger partial charge is 0.298 e. The van der Waals surface area contributed by atoms with Gasteiger partial charge in [-0.1, -0.05) is 48.2 Å². The molecule has 1 aliphatic heterocycles. The molecule has 0 atom stereocenters. The molecule has 1 saturated heterocycles. The van der Waals surface area contributed by atoms with Gasteiger partial charge in [0, 0.05) is 11.6 Å². The molecular weight excluding hydrogens is 402 g/mol. The average molecular weight is 413 g/mol. The molecule has 0 aromatic heterocycles. The van der Waals surface area contributed by atoms with Crippen LogP contribution in [-0.4, -0.2) is 32.4 Å². The van der Waals surface area contributed by atoms with E-state index in [0.717, 1.165) is 16.8 Å². The van der Waals surface area contributed by atoms with Crippen molar-refractivity contribution in [2.24, 2.45) is 0 Å². The maximum atomic E-state index is 12.6. The molecule has 28 heavy (non-hydrogen) atoms. The topological polar surface area (TPSA) is 110 Å². The van der Waals surface area contributed by atoms with Crippen molar-refractivity contribution in [3.8, 4) is 0 Å². The number of nitro benzene ring substituents is 1. The minimum atomic E-state index is -0.819. The summed E-state index contributed by atoms with van der Waals surface area (Å²) in [6.07, 6.45) is 2.28. The molecule has 2 aromatic rings. The van der Waals surface area contributed by atoms with Crippen molar-refractivity contribution < 1.29 is 19.3 Å². The Labute approximate surface area is 168 Å². The summed E-state index contributed by atoms with van der Waals surface area (Å²) in [6.45, 7) is 0. The van der Waals surface area contributed by atoms with Crippen molar-refractivity contribution in [3.05, 3.63) is 80.2 Å². The Morgan fingerprint density at radius 3 is 2.43 bits per heavy atom. The van der Waals surface area contributed by atoms with Gasteiger partial charge in [-0.2, -0.15) is 5.01 Å². The number of thioether (sulfide) groups is 1. The number of benzene rings is 2. The summed E-state index contributed by atoms with van der Waals surface area (Å²) in [5, 5.41) is 12.0. The summed E-state index contributed by atoms with van der Waals surface area (Å²) in [6, 6.07) is 12.0. The van der Waals surface area contributed by atoms with Gasteiger partial charge in [0.05, 0.1) is 9.83 Å². The highest BCUT2D eigenvalue weighted by molar-refractivity contribution is 8.26. The molecule has 8 nitrogen and oxygen atoms in total. The standard InChI is InChI=1S/C18H11N3O5S2/c22-10-12-7-5-11(6-8-12)9-15-17(24)20(18(27)28-15)19-16(23)13-3-1-2-4-14(13)21(25)26/h1-10H,(H,19,23)/b15-9-. The molecule has 0 spiro atoms. The van der Waals surface area contributed by atoms with Crippen molar-refractivity contribution >= 4 is 58.2 Å². The Morgan fingerprint density at radius 2 is 1.79 bits per heavy atom. The molecule has 10 heteroatoms. The Kier molecular flexibility index (Phi) is 5.62. The van der Waals surface area contributed by atoms with Gasteiger partial charge in [0.15, 0.2) is 4.32 Å². The second-order valence-corrected chi connectivity index (χ2v) is 7.19. The summed E-state index contributed by atoms with van der Waals surface area (Å²) in [5.74, 6) is -1.37. The lowest BCUT2D eigenvalue weighted by molar-refractivity contribution is -0.385. The molecule has 1 N–H and O–H groups in total. The van der Waals surface area contributed by atoms with Crippen molar-refractivity contribution in [2.45, 2.75) is 0 Å². The predicted octanol–water partition coefficient (Wildman–Crippen LogP) is 2.95. The molecule has 140 valence electrons. The Bertz CT molecular complexity index is 1030. The fourth-order valence-corrected chi connectivity index (χ4v) is 3.55. The number of thiocarbonyl (C=S) groups is 1. The second-order valence-electron chi connectivity index (χ2n) is 5.52. The number of carbonyl (C=O) groups is 3. The quantitative estimate of drug-likeness (QED) is 0.264. The second kappa shape index (κ2) is 8.11. The van der Waals surface area contributed by atoms with E-state index < -0.39 is 16.7 Å². The fraction of sp³-hybridized carbons (Fsp3) is 0. The van der Waals surface area contributed by atoms with Gasteiger partial charge in [0.25, 0.3) is 17.5 Å². The van der Waals surface area contributed by atoms with Crippen LogP contribution in [0.4, 0.5) is 5.69 Å². The van der Waals surface area contributed by atoms with Crippen LogP contribution in [0.5, 0.6) is 0 Å². The van der Waals surface area contributed by atoms with E-state index in [2.05, 4.69) is 5.43 Å².